The van der Waals surface area contributed by atoms with Crippen LogP contribution in [0.4, 0.5) is 5.69 Å². The molecular weight excluding hydrogens is 352 g/mol. The van der Waals surface area contributed by atoms with Crippen molar-refractivity contribution in [3.05, 3.63) is 41.1 Å². The van der Waals surface area contributed by atoms with Crippen molar-refractivity contribution in [1.29, 1.82) is 0 Å². The van der Waals surface area contributed by atoms with Crippen molar-refractivity contribution in [2.45, 2.75) is 45.2 Å². The minimum Gasteiger partial charge on any atom is -0.549 e. The third-order valence-electron chi connectivity index (χ3n) is 7.05. The molecule has 0 bridgehead atoms. The van der Waals surface area contributed by atoms with Crippen molar-refractivity contribution in [3.8, 4) is 0 Å². The van der Waals surface area contributed by atoms with Crippen molar-refractivity contribution in [2.75, 3.05) is 20.6 Å². The molecule has 5 nitrogen and oxygen atoms in total. The van der Waals surface area contributed by atoms with Gasteiger partial charge in [-0.3, -0.25) is 9.38 Å². The maximum atomic E-state index is 11.6. The molecule has 0 saturated carbocycles. The van der Waals surface area contributed by atoms with Crippen LogP contribution in [0.2, 0.25) is 0 Å². The van der Waals surface area contributed by atoms with E-state index in [1.807, 2.05) is 13.1 Å². The number of nitrogens with zero attached hydrogens (tertiary/aromatic N) is 2. The van der Waals surface area contributed by atoms with Gasteiger partial charge in [-0.2, -0.15) is 0 Å². The minimum atomic E-state index is -1.01. The van der Waals surface area contributed by atoms with Crippen molar-refractivity contribution in [1.82, 2.24) is 9.38 Å². The molecule has 0 unspecified atom stereocenters. The second-order valence-corrected chi connectivity index (χ2v) is 8.71. The Labute approximate surface area is 166 Å². The SMILES string of the molecule is CC(C)[N@+]1(C)C(CCC=O)=C2C[C@@H]3C(=C[C@@H](C(=O)[O-])CN3C)c3cccc1c32. The van der Waals surface area contributed by atoms with Crippen LogP contribution in [0.15, 0.2) is 30.0 Å². The van der Waals surface area contributed by atoms with E-state index in [0.717, 1.165) is 34.7 Å². The number of hydrogen-bond acceptors (Lipinski definition) is 4. The lowest BCUT2D eigenvalue weighted by Gasteiger charge is -2.40. The number of allylic oxidation sites excluding steroid dienone is 1. The number of likely N-dealkylation sites (N-methyl/N-ethyl adjacent to an activating group) is 1. The first-order valence-electron chi connectivity index (χ1n) is 10.1. The molecule has 3 atom stereocenters. The molecule has 0 aromatic heterocycles. The van der Waals surface area contributed by atoms with Gasteiger partial charge in [-0.15, -0.1) is 0 Å². The highest BCUT2D eigenvalue weighted by Crippen LogP contribution is 2.55. The number of aliphatic carboxylic acids is 1. The third-order valence-corrected chi connectivity index (χ3v) is 7.05. The van der Waals surface area contributed by atoms with E-state index >= 15 is 0 Å². The zero-order chi connectivity index (χ0) is 20.2. The zero-order valence-electron chi connectivity index (χ0n) is 17.1. The molecule has 4 rings (SSSR count). The largest absolute Gasteiger partial charge is 0.549 e. The normalized spacial score (nSPS) is 28.8. The van der Waals surface area contributed by atoms with Gasteiger partial charge in [-0.25, -0.2) is 0 Å². The highest BCUT2D eigenvalue weighted by atomic mass is 16.4. The number of hydrogen-bond donors (Lipinski definition) is 0. The van der Waals surface area contributed by atoms with Gasteiger partial charge in [0.2, 0.25) is 0 Å². The Morgan fingerprint density at radius 1 is 1.39 bits per heavy atom. The number of quaternary nitrogens is 1. The zero-order valence-corrected chi connectivity index (χ0v) is 17.1. The quantitative estimate of drug-likeness (QED) is 0.580. The lowest BCUT2D eigenvalue weighted by Crippen LogP contribution is -2.48. The molecule has 2 heterocycles. The second-order valence-electron chi connectivity index (χ2n) is 8.71. The number of rotatable bonds is 5. The molecule has 0 saturated heterocycles. The monoisotopic (exact) mass is 380 g/mol. The maximum absolute atomic E-state index is 11.6. The van der Waals surface area contributed by atoms with Gasteiger partial charge in [0.25, 0.3) is 0 Å². The molecule has 0 spiro atoms. The summed E-state index contributed by atoms with van der Waals surface area (Å²) in [4.78, 5) is 24.9. The molecule has 3 aliphatic rings. The molecule has 5 heteroatoms. The van der Waals surface area contributed by atoms with Crippen molar-refractivity contribution in [2.24, 2.45) is 5.92 Å². The number of carbonyl (C=O) groups excluding carboxylic acids is 2. The average molecular weight is 380 g/mol. The summed E-state index contributed by atoms with van der Waals surface area (Å²) in [6.07, 6.45) is 5.07. The van der Waals surface area contributed by atoms with Crippen LogP contribution in [0, 0.1) is 5.92 Å². The van der Waals surface area contributed by atoms with Crippen molar-refractivity contribution in [3.63, 3.8) is 0 Å². The van der Waals surface area contributed by atoms with Gasteiger partial charge >= 0.3 is 0 Å². The summed E-state index contributed by atoms with van der Waals surface area (Å²) in [6.45, 7) is 4.92. The first kappa shape index (κ1) is 19.1. The first-order chi connectivity index (χ1) is 13.3. The molecule has 1 aliphatic carbocycles. The Kier molecular flexibility index (Phi) is 4.55. The Bertz CT molecular complexity index is 914. The second kappa shape index (κ2) is 6.68. The van der Waals surface area contributed by atoms with Crippen molar-refractivity contribution < 1.29 is 14.7 Å². The van der Waals surface area contributed by atoms with Crippen LogP contribution in [0.3, 0.4) is 0 Å². The summed E-state index contributed by atoms with van der Waals surface area (Å²) in [5, 5.41) is 11.6. The predicted octanol–water partition coefficient (Wildman–Crippen LogP) is 2.20. The van der Waals surface area contributed by atoms with E-state index in [4.69, 9.17) is 0 Å². The fourth-order valence-electron chi connectivity index (χ4n) is 5.37. The third kappa shape index (κ3) is 2.53. The topological polar surface area (TPSA) is 60.4 Å². The van der Waals surface area contributed by atoms with Gasteiger partial charge in [0.1, 0.15) is 17.7 Å². The van der Waals surface area contributed by atoms with Gasteiger partial charge in [-0.1, -0.05) is 18.2 Å². The Morgan fingerprint density at radius 3 is 2.79 bits per heavy atom. The highest BCUT2D eigenvalue weighted by molar-refractivity contribution is 5.98. The Morgan fingerprint density at radius 2 is 2.14 bits per heavy atom. The molecular formula is C23H28N2O3. The molecule has 0 N–H and O–H groups in total. The minimum absolute atomic E-state index is 0.165. The summed E-state index contributed by atoms with van der Waals surface area (Å²) in [7, 11) is 4.25. The molecule has 148 valence electrons. The van der Waals surface area contributed by atoms with Gasteiger partial charge in [0.15, 0.2) is 0 Å². The number of benzene rings is 1. The van der Waals surface area contributed by atoms with E-state index in [9.17, 15) is 14.7 Å². The van der Waals surface area contributed by atoms with E-state index in [2.05, 4.69) is 44.0 Å². The summed E-state index contributed by atoms with van der Waals surface area (Å²) < 4.78 is 0.722. The fraction of sp³-hybridized carbons (Fsp3) is 0.478. The van der Waals surface area contributed by atoms with E-state index in [0.29, 0.717) is 19.0 Å². The van der Waals surface area contributed by atoms with Gasteiger partial charge in [0.05, 0.1) is 18.7 Å². The smallest absolute Gasteiger partial charge is 0.146 e. The Balaban J connectivity index is 1.97. The van der Waals surface area contributed by atoms with Crippen LogP contribution in [0.5, 0.6) is 0 Å². The van der Waals surface area contributed by atoms with Gasteiger partial charge in [-0.05, 0) is 38.5 Å². The molecule has 1 aromatic carbocycles. The van der Waals surface area contributed by atoms with Crippen LogP contribution in [-0.4, -0.2) is 49.9 Å². The Hall–Kier alpha value is -2.24. The lowest BCUT2D eigenvalue weighted by molar-refractivity contribution is -0.310. The molecule has 2 aliphatic heterocycles. The van der Waals surface area contributed by atoms with Crippen LogP contribution in [-0.2, 0) is 9.59 Å². The van der Waals surface area contributed by atoms with E-state index in [1.54, 1.807) is 0 Å². The van der Waals surface area contributed by atoms with Crippen molar-refractivity contribution >= 4 is 29.1 Å². The number of fused-ring (bicyclic) bond motifs is 2. The maximum Gasteiger partial charge on any atom is 0.146 e. The predicted molar refractivity (Wildman–Crippen MR) is 109 cm³/mol. The van der Waals surface area contributed by atoms with E-state index < -0.39 is 11.9 Å². The van der Waals surface area contributed by atoms with Gasteiger partial charge in [0, 0.05) is 49.0 Å². The standard InChI is InChI=1S/C23H28N2O3/c1-14(2)25(4)20(9-6-10-26)18-12-19-17(11-15(23(27)28)13-24(19)3)16-7-5-8-21(25)22(16)18/h5,7-8,10-11,14-15,19H,6,9,12-13H2,1-4H3/t15-,19-,25-/m1/s1. The van der Waals surface area contributed by atoms with Crippen LogP contribution >= 0.6 is 0 Å². The lowest BCUT2D eigenvalue weighted by atomic mass is 9.76. The number of carbonyl (C=O) groups is 2. The summed E-state index contributed by atoms with van der Waals surface area (Å²) in [5.41, 5.74) is 7.46. The summed E-state index contributed by atoms with van der Waals surface area (Å²) in [6, 6.07) is 6.90. The first-order valence-corrected chi connectivity index (χ1v) is 10.1. The number of carboxylic acid groups (broad SMARTS) is 1. The van der Waals surface area contributed by atoms with E-state index in [1.165, 1.54) is 22.5 Å². The average Bonchev–Trinajstić information content (AvgIpc) is 2.91. The highest BCUT2D eigenvalue weighted by Gasteiger charge is 2.49. The molecule has 0 radical (unpaired) electrons. The summed E-state index contributed by atoms with van der Waals surface area (Å²) >= 11 is 0. The van der Waals surface area contributed by atoms with E-state index in [-0.39, 0.29) is 6.04 Å². The molecule has 0 amide bonds. The van der Waals surface area contributed by atoms with Crippen LogP contribution in [0.25, 0.3) is 11.1 Å². The number of carboxylic acids is 1. The molecule has 28 heavy (non-hydrogen) atoms. The summed E-state index contributed by atoms with van der Waals surface area (Å²) in [5.74, 6) is -1.60. The molecule has 0 fully saturated rings. The van der Waals surface area contributed by atoms with Crippen LogP contribution < -0.4 is 9.59 Å². The van der Waals surface area contributed by atoms with Crippen LogP contribution in [0.1, 0.15) is 44.2 Å². The molecule has 1 aromatic rings. The van der Waals surface area contributed by atoms with Gasteiger partial charge < -0.3 is 14.7 Å². The number of aldehydes is 1. The fourth-order valence-corrected chi connectivity index (χ4v) is 5.37.